The molecule has 0 aromatic carbocycles. The molecule has 84 valence electrons. The normalized spacial score (nSPS) is 10.0. The Kier molecular flexibility index (Phi) is 3.37. The van der Waals surface area contributed by atoms with Crippen molar-refractivity contribution in [3.8, 4) is 0 Å². The smallest absolute Gasteiger partial charge is 0.248 e. The Morgan fingerprint density at radius 1 is 1.12 bits per heavy atom. The van der Waals surface area contributed by atoms with Crippen molar-refractivity contribution in [2.45, 2.75) is 13.1 Å². The highest BCUT2D eigenvalue weighted by Crippen LogP contribution is 1.75. The molecule has 0 amide bonds. The second-order valence-corrected chi connectivity index (χ2v) is 3.15. The first kappa shape index (κ1) is 11.9. The summed E-state index contributed by atoms with van der Waals surface area (Å²) >= 11 is 0. The Bertz CT molecular complexity index is 541. The highest BCUT2D eigenvalue weighted by Gasteiger charge is 2.11. The average Bonchev–Trinajstić information content (AvgIpc) is 2.28. The van der Waals surface area contributed by atoms with Crippen LogP contribution < -0.4 is 17.1 Å². The first-order valence-corrected chi connectivity index (χ1v) is 4.59. The third-order valence-corrected chi connectivity index (χ3v) is 2.10. The Balaban J connectivity index is 3.72. The predicted molar refractivity (Wildman–Crippen MR) is 59.3 cm³/mol. The van der Waals surface area contributed by atoms with Gasteiger partial charge in [-0.3, -0.25) is 0 Å². The third kappa shape index (κ3) is 1.78. The molecule has 0 aliphatic heterocycles. The summed E-state index contributed by atoms with van der Waals surface area (Å²) in [6, 6.07) is 0. The van der Waals surface area contributed by atoms with E-state index in [4.69, 9.17) is 6.58 Å². The third-order valence-electron chi connectivity index (χ3n) is 2.10. The second-order valence-electron chi connectivity index (χ2n) is 3.15. The lowest BCUT2D eigenvalue weighted by Gasteiger charge is -2.07. The summed E-state index contributed by atoms with van der Waals surface area (Å²) in [5, 5.41) is 0. The zero-order valence-electron chi connectivity index (χ0n) is 8.92. The lowest BCUT2D eigenvalue weighted by Crippen LogP contribution is -2.53. The lowest BCUT2D eigenvalue weighted by atomic mass is 10.5. The van der Waals surface area contributed by atoms with E-state index in [2.05, 4.69) is 6.58 Å². The molecule has 6 nitrogen and oxygen atoms in total. The van der Waals surface area contributed by atoms with Gasteiger partial charge in [-0.1, -0.05) is 6.08 Å². The van der Waals surface area contributed by atoms with E-state index in [0.29, 0.717) is 0 Å². The molecular weight excluding hydrogens is 210 g/mol. The van der Waals surface area contributed by atoms with E-state index < -0.39 is 17.1 Å². The van der Waals surface area contributed by atoms with E-state index >= 15 is 0 Å². The summed E-state index contributed by atoms with van der Waals surface area (Å²) < 4.78 is 2.65. The minimum Gasteiger partial charge on any atom is -0.248 e. The first-order valence-electron chi connectivity index (χ1n) is 4.59. The van der Waals surface area contributed by atoms with Gasteiger partial charge in [0.2, 0.25) is 6.58 Å². The highest BCUT2D eigenvalue weighted by atomic mass is 16.2. The monoisotopic (exact) mass is 222 g/mol. The molecule has 0 aliphatic carbocycles. The van der Waals surface area contributed by atoms with Gasteiger partial charge in [0.25, 0.3) is 0 Å². The molecule has 0 bridgehead atoms. The standard InChI is InChI=1S/C10H12N3O3/c1-4-6-12-8(14)11(3)9(15)13(7-5-2)10(12)16/h1,4-5H,2,6-7H2,3H3/q+1. The van der Waals surface area contributed by atoms with E-state index in [1.54, 1.807) is 0 Å². The van der Waals surface area contributed by atoms with Crippen molar-refractivity contribution in [2.75, 3.05) is 0 Å². The fraction of sp³-hybridized carbons (Fsp3) is 0.300. The number of allylic oxidation sites excluding steroid dienone is 2. The fourth-order valence-corrected chi connectivity index (χ4v) is 1.30. The summed E-state index contributed by atoms with van der Waals surface area (Å²) in [5.74, 6) is 0. The molecule has 0 N–H and O–H groups in total. The number of aromatic nitrogens is 3. The molecule has 1 rings (SSSR count). The molecular formula is C10H12N3O3+. The summed E-state index contributed by atoms with van der Waals surface area (Å²) in [6.07, 6.45) is 2.58. The van der Waals surface area contributed by atoms with Crippen molar-refractivity contribution in [1.29, 1.82) is 0 Å². The molecule has 1 aromatic heterocycles. The van der Waals surface area contributed by atoms with Crippen LogP contribution in [0.2, 0.25) is 0 Å². The molecule has 0 radical (unpaired) electrons. The Morgan fingerprint density at radius 3 is 2.06 bits per heavy atom. The van der Waals surface area contributed by atoms with Crippen molar-refractivity contribution in [2.24, 2.45) is 7.05 Å². The largest absolute Gasteiger partial charge is 0.337 e. The van der Waals surface area contributed by atoms with Gasteiger partial charge in [-0.25, -0.2) is 28.1 Å². The highest BCUT2D eigenvalue weighted by molar-refractivity contribution is 4.83. The van der Waals surface area contributed by atoms with Crippen LogP contribution in [0.25, 0.3) is 0 Å². The van der Waals surface area contributed by atoms with Gasteiger partial charge in [0.1, 0.15) is 0 Å². The van der Waals surface area contributed by atoms with Gasteiger partial charge in [-0.15, -0.1) is 6.58 Å². The predicted octanol–water partition coefficient (Wildman–Crippen LogP) is -1.12. The van der Waals surface area contributed by atoms with E-state index in [0.717, 1.165) is 13.7 Å². The quantitative estimate of drug-likeness (QED) is 0.479. The maximum Gasteiger partial charge on any atom is 0.337 e. The van der Waals surface area contributed by atoms with Crippen LogP contribution in [0.4, 0.5) is 0 Å². The van der Waals surface area contributed by atoms with Crippen LogP contribution in [-0.4, -0.2) is 13.7 Å². The molecule has 1 aromatic rings. The number of hydrogen-bond donors (Lipinski definition) is 0. The van der Waals surface area contributed by atoms with E-state index in [1.165, 1.54) is 19.2 Å². The van der Waals surface area contributed by atoms with Gasteiger partial charge < -0.3 is 0 Å². The van der Waals surface area contributed by atoms with Crippen molar-refractivity contribution >= 4 is 0 Å². The minimum absolute atomic E-state index is 0.0388. The van der Waals surface area contributed by atoms with Gasteiger partial charge in [-0.2, -0.15) is 0 Å². The van der Waals surface area contributed by atoms with Crippen LogP contribution in [0.3, 0.4) is 0 Å². The van der Waals surface area contributed by atoms with Crippen LogP contribution in [0.5, 0.6) is 0 Å². The topological polar surface area (TPSA) is 66.0 Å². The number of hydrogen-bond acceptors (Lipinski definition) is 3. The van der Waals surface area contributed by atoms with Gasteiger partial charge in [0.15, 0.2) is 6.08 Å². The van der Waals surface area contributed by atoms with Crippen LogP contribution in [0.15, 0.2) is 33.1 Å². The minimum atomic E-state index is -0.685. The van der Waals surface area contributed by atoms with Crippen molar-refractivity contribution < 1.29 is 0 Å². The summed E-state index contributed by atoms with van der Waals surface area (Å²) in [5.41, 5.74) is -2.03. The van der Waals surface area contributed by atoms with Crippen molar-refractivity contribution in [3.63, 3.8) is 0 Å². The van der Waals surface area contributed by atoms with Gasteiger partial charge in [0, 0.05) is 7.05 Å². The second kappa shape index (κ2) is 4.55. The van der Waals surface area contributed by atoms with Crippen LogP contribution >= 0.6 is 0 Å². The van der Waals surface area contributed by atoms with Gasteiger partial charge in [-0.05, 0) is 0 Å². The van der Waals surface area contributed by atoms with Crippen LogP contribution in [0, 0.1) is 6.58 Å². The van der Waals surface area contributed by atoms with E-state index in [-0.39, 0.29) is 13.1 Å². The van der Waals surface area contributed by atoms with Crippen molar-refractivity contribution in [3.05, 3.63) is 56.8 Å². The maximum atomic E-state index is 11.7. The molecule has 0 saturated heterocycles. The molecule has 16 heavy (non-hydrogen) atoms. The SMILES string of the molecule is [CH+]=CCn1c(=O)n(C)c(=O)n(CC=C)c1=O. The average molecular weight is 222 g/mol. The van der Waals surface area contributed by atoms with Gasteiger partial charge >= 0.3 is 17.1 Å². The number of nitrogens with zero attached hydrogens (tertiary/aromatic N) is 3. The Hall–Kier alpha value is -2.20. The molecule has 6 heteroatoms. The summed E-state index contributed by atoms with van der Waals surface area (Å²) in [4.78, 5) is 34.9. The summed E-state index contributed by atoms with van der Waals surface area (Å²) in [7, 11) is 1.30. The molecule has 0 fully saturated rings. The molecule has 0 saturated carbocycles. The van der Waals surface area contributed by atoms with E-state index in [9.17, 15) is 14.4 Å². The van der Waals surface area contributed by atoms with E-state index in [1.807, 2.05) is 0 Å². The summed E-state index contributed by atoms with van der Waals surface area (Å²) in [6.45, 7) is 8.62. The van der Waals surface area contributed by atoms with Crippen LogP contribution in [-0.2, 0) is 20.1 Å². The molecule has 0 atom stereocenters. The zero-order chi connectivity index (χ0) is 12.3. The molecule has 0 unspecified atom stereocenters. The first-order chi connectivity index (χ1) is 7.54. The Morgan fingerprint density at radius 2 is 1.62 bits per heavy atom. The van der Waals surface area contributed by atoms with Crippen LogP contribution in [0.1, 0.15) is 0 Å². The zero-order valence-corrected chi connectivity index (χ0v) is 8.92. The van der Waals surface area contributed by atoms with Gasteiger partial charge in [0.05, 0.1) is 13.1 Å². The molecule has 1 heterocycles. The Labute approximate surface area is 91.4 Å². The lowest BCUT2D eigenvalue weighted by molar-refractivity contribution is 0.516. The number of rotatable bonds is 4. The molecule has 0 aliphatic rings. The fourth-order valence-electron chi connectivity index (χ4n) is 1.30. The maximum absolute atomic E-state index is 11.7. The molecule has 0 spiro atoms. The van der Waals surface area contributed by atoms with Crippen molar-refractivity contribution in [1.82, 2.24) is 13.7 Å².